The summed E-state index contributed by atoms with van der Waals surface area (Å²) in [5, 5.41) is 0. The van der Waals surface area contributed by atoms with Crippen molar-refractivity contribution in [2.75, 3.05) is 50.2 Å². The van der Waals surface area contributed by atoms with Crippen molar-refractivity contribution in [1.82, 2.24) is 0 Å². The third kappa shape index (κ3) is 13.5. The minimum atomic E-state index is 0. The summed E-state index contributed by atoms with van der Waals surface area (Å²) in [5.41, 5.74) is 2.65. The highest BCUT2D eigenvalue weighted by atomic mass is 79.9. The molecule has 0 radical (unpaired) electrons. The van der Waals surface area contributed by atoms with Crippen molar-refractivity contribution in [3.05, 3.63) is 48.5 Å². The number of methoxy groups -OCH3 is 2. The zero-order valence-electron chi connectivity index (χ0n) is 24.1. The van der Waals surface area contributed by atoms with E-state index in [1.54, 1.807) is 14.2 Å². The number of rotatable bonds is 21. The van der Waals surface area contributed by atoms with E-state index < -0.39 is 0 Å². The molecule has 0 fully saturated rings. The van der Waals surface area contributed by atoms with Gasteiger partial charge in [0.1, 0.15) is 11.5 Å². The van der Waals surface area contributed by atoms with Crippen molar-refractivity contribution >= 4 is 28.4 Å². The maximum Gasteiger partial charge on any atom is 0.119 e. The number of ether oxygens (including phenoxy) is 2. The fourth-order valence-electron chi connectivity index (χ4n) is 4.69. The van der Waals surface area contributed by atoms with E-state index in [1.807, 2.05) is 0 Å². The summed E-state index contributed by atoms with van der Waals surface area (Å²) in [4.78, 5) is 5.10. The molecule has 0 saturated carbocycles. The van der Waals surface area contributed by atoms with Gasteiger partial charge >= 0.3 is 0 Å². The molecule has 0 aliphatic rings. The molecule has 210 valence electrons. The van der Waals surface area contributed by atoms with Gasteiger partial charge in [-0.1, -0.05) is 65.2 Å². The van der Waals surface area contributed by atoms with Gasteiger partial charge in [-0.05, 0) is 74.2 Å². The van der Waals surface area contributed by atoms with E-state index in [0.29, 0.717) is 0 Å². The summed E-state index contributed by atoms with van der Waals surface area (Å²) in [6.45, 7) is 9.15. The van der Waals surface area contributed by atoms with E-state index in [2.05, 4.69) is 72.2 Å². The normalized spacial score (nSPS) is 10.6. The SMILES string of the molecule is Br.CCCCN(CCCCCCCCCCN(CCCC)c1ccc(OC)cc1)c1ccc(OC)cc1. The van der Waals surface area contributed by atoms with Crippen molar-refractivity contribution in [1.29, 1.82) is 0 Å². The van der Waals surface area contributed by atoms with Crippen molar-refractivity contribution in [2.45, 2.75) is 90.9 Å². The van der Waals surface area contributed by atoms with Crippen molar-refractivity contribution in [3.8, 4) is 11.5 Å². The average Bonchev–Trinajstić information content (AvgIpc) is 2.93. The van der Waals surface area contributed by atoms with Crippen LogP contribution in [0.3, 0.4) is 0 Å². The molecule has 0 bridgehead atoms. The standard InChI is InChI=1S/C32H52N2O2.BrH/c1-5-7-25-33(29-17-21-31(35-3)22-18-29)27-15-13-11-9-10-12-14-16-28-34(26-8-6-2)30-19-23-32(36-4)24-20-30;/h17-24H,5-16,25-28H2,1-4H3;1H. The van der Waals surface area contributed by atoms with Crippen LogP contribution < -0.4 is 19.3 Å². The minimum absolute atomic E-state index is 0. The van der Waals surface area contributed by atoms with Gasteiger partial charge in [-0.3, -0.25) is 0 Å². The average molecular weight is 578 g/mol. The maximum atomic E-state index is 5.32. The monoisotopic (exact) mass is 576 g/mol. The summed E-state index contributed by atoms with van der Waals surface area (Å²) in [6.07, 6.45) is 15.7. The van der Waals surface area contributed by atoms with Crippen LogP contribution in [-0.4, -0.2) is 40.4 Å². The van der Waals surface area contributed by atoms with Crippen LogP contribution in [0.2, 0.25) is 0 Å². The number of nitrogens with zero attached hydrogens (tertiary/aromatic N) is 2. The molecule has 2 rings (SSSR count). The van der Waals surface area contributed by atoms with E-state index in [0.717, 1.165) is 37.7 Å². The number of hydrogen-bond donors (Lipinski definition) is 0. The summed E-state index contributed by atoms with van der Waals surface area (Å²) in [6, 6.07) is 17.1. The van der Waals surface area contributed by atoms with Gasteiger partial charge in [0.25, 0.3) is 0 Å². The molecule has 0 N–H and O–H groups in total. The van der Waals surface area contributed by atoms with Crippen LogP contribution >= 0.6 is 17.0 Å². The van der Waals surface area contributed by atoms with Gasteiger partial charge < -0.3 is 19.3 Å². The van der Waals surface area contributed by atoms with Crippen LogP contribution in [-0.2, 0) is 0 Å². The van der Waals surface area contributed by atoms with Crippen LogP contribution in [0.5, 0.6) is 11.5 Å². The first-order valence-electron chi connectivity index (χ1n) is 14.5. The lowest BCUT2D eigenvalue weighted by molar-refractivity contribution is 0.414. The Hall–Kier alpha value is -1.88. The lowest BCUT2D eigenvalue weighted by atomic mass is 10.1. The molecule has 0 amide bonds. The molecule has 0 aliphatic heterocycles. The molecule has 0 saturated heterocycles. The molecule has 5 heteroatoms. The summed E-state index contributed by atoms with van der Waals surface area (Å²) >= 11 is 0. The number of unbranched alkanes of at least 4 members (excludes halogenated alkanes) is 9. The summed E-state index contributed by atoms with van der Waals surface area (Å²) < 4.78 is 10.6. The Balaban J connectivity index is 0.00000684. The van der Waals surface area contributed by atoms with Gasteiger partial charge in [-0.2, -0.15) is 0 Å². The second-order valence-corrected chi connectivity index (χ2v) is 9.91. The van der Waals surface area contributed by atoms with Crippen LogP contribution in [0.4, 0.5) is 11.4 Å². The molecule has 2 aromatic rings. The quantitative estimate of drug-likeness (QED) is 0.138. The third-order valence-electron chi connectivity index (χ3n) is 7.04. The highest BCUT2D eigenvalue weighted by Crippen LogP contribution is 2.22. The van der Waals surface area contributed by atoms with Gasteiger partial charge in [-0.25, -0.2) is 0 Å². The zero-order chi connectivity index (χ0) is 25.8. The van der Waals surface area contributed by atoms with Crippen molar-refractivity contribution < 1.29 is 9.47 Å². The van der Waals surface area contributed by atoms with E-state index in [1.165, 1.54) is 88.4 Å². The van der Waals surface area contributed by atoms with Gasteiger partial charge in [0.2, 0.25) is 0 Å². The number of benzene rings is 2. The van der Waals surface area contributed by atoms with E-state index in [-0.39, 0.29) is 17.0 Å². The van der Waals surface area contributed by atoms with Gasteiger partial charge in [-0.15, -0.1) is 17.0 Å². The fraction of sp³-hybridized carbons (Fsp3) is 0.625. The van der Waals surface area contributed by atoms with Gasteiger partial charge in [0.05, 0.1) is 14.2 Å². The van der Waals surface area contributed by atoms with Crippen LogP contribution in [0.25, 0.3) is 0 Å². The van der Waals surface area contributed by atoms with Crippen molar-refractivity contribution in [2.24, 2.45) is 0 Å². The van der Waals surface area contributed by atoms with E-state index >= 15 is 0 Å². The van der Waals surface area contributed by atoms with Gasteiger partial charge in [0.15, 0.2) is 0 Å². The first kappa shape index (κ1) is 33.1. The number of anilines is 2. The largest absolute Gasteiger partial charge is 0.497 e. The predicted octanol–water partition coefficient (Wildman–Crippen LogP) is 9.32. The Morgan fingerprint density at radius 1 is 0.459 bits per heavy atom. The van der Waals surface area contributed by atoms with Crippen LogP contribution in [0, 0.1) is 0 Å². The maximum absolute atomic E-state index is 5.32. The van der Waals surface area contributed by atoms with Crippen molar-refractivity contribution in [3.63, 3.8) is 0 Å². The molecular weight excluding hydrogens is 524 g/mol. The van der Waals surface area contributed by atoms with Crippen LogP contribution in [0.1, 0.15) is 90.9 Å². The first-order chi connectivity index (χ1) is 17.7. The Bertz CT molecular complexity index is 715. The Kier molecular flexibility index (Phi) is 18.9. The Morgan fingerprint density at radius 3 is 1.05 bits per heavy atom. The highest BCUT2D eigenvalue weighted by Gasteiger charge is 2.08. The Labute approximate surface area is 238 Å². The first-order valence-corrected chi connectivity index (χ1v) is 14.5. The smallest absolute Gasteiger partial charge is 0.119 e. The van der Waals surface area contributed by atoms with E-state index in [4.69, 9.17) is 9.47 Å². The number of halogens is 1. The zero-order valence-corrected chi connectivity index (χ0v) is 25.8. The summed E-state index contributed by atoms with van der Waals surface area (Å²) in [7, 11) is 3.46. The van der Waals surface area contributed by atoms with E-state index in [9.17, 15) is 0 Å². The molecule has 0 heterocycles. The molecule has 0 aliphatic carbocycles. The molecule has 37 heavy (non-hydrogen) atoms. The topological polar surface area (TPSA) is 24.9 Å². The Morgan fingerprint density at radius 2 is 0.757 bits per heavy atom. The molecule has 2 aromatic carbocycles. The molecule has 0 unspecified atom stereocenters. The predicted molar refractivity (Wildman–Crippen MR) is 167 cm³/mol. The lowest BCUT2D eigenvalue weighted by Crippen LogP contribution is -2.25. The minimum Gasteiger partial charge on any atom is -0.497 e. The van der Waals surface area contributed by atoms with Gasteiger partial charge in [0, 0.05) is 37.6 Å². The fourth-order valence-corrected chi connectivity index (χ4v) is 4.69. The molecular formula is C32H53BrN2O2. The highest BCUT2D eigenvalue weighted by molar-refractivity contribution is 8.93. The molecule has 4 nitrogen and oxygen atoms in total. The second kappa shape index (κ2) is 21.1. The summed E-state index contributed by atoms with van der Waals surface area (Å²) in [5.74, 6) is 1.87. The molecule has 0 spiro atoms. The number of hydrogen-bond acceptors (Lipinski definition) is 4. The molecule has 0 aromatic heterocycles. The lowest BCUT2D eigenvalue weighted by Gasteiger charge is -2.25. The second-order valence-electron chi connectivity index (χ2n) is 9.91. The third-order valence-corrected chi connectivity index (χ3v) is 7.04. The molecule has 0 atom stereocenters. The van der Waals surface area contributed by atoms with Crippen LogP contribution in [0.15, 0.2) is 48.5 Å².